The average molecular weight is 541 g/mol. The summed E-state index contributed by atoms with van der Waals surface area (Å²) >= 11 is 0. The van der Waals surface area contributed by atoms with E-state index in [0.717, 1.165) is 24.8 Å². The predicted octanol–water partition coefficient (Wildman–Crippen LogP) is 6.13. The molecule has 2 aromatic rings. The molecule has 3 saturated heterocycles. The van der Waals surface area contributed by atoms with Gasteiger partial charge in [-0.3, -0.25) is 4.79 Å². The number of ether oxygens (including phenoxy) is 1. The van der Waals surface area contributed by atoms with Gasteiger partial charge >= 0.3 is 12.4 Å². The van der Waals surface area contributed by atoms with E-state index in [9.17, 15) is 31.1 Å². The highest BCUT2D eigenvalue weighted by Crippen LogP contribution is 2.53. The summed E-state index contributed by atoms with van der Waals surface area (Å²) in [5.41, 5.74) is -4.67. The molecular weight excluding hydrogens is 510 g/mol. The van der Waals surface area contributed by atoms with Crippen molar-refractivity contribution in [3.63, 3.8) is 0 Å². The molecule has 5 rings (SSSR count). The molecule has 38 heavy (non-hydrogen) atoms. The number of benzene rings is 2. The highest BCUT2D eigenvalue weighted by molar-refractivity contribution is 5.94. The van der Waals surface area contributed by atoms with E-state index in [1.165, 1.54) is 0 Å². The first-order valence-corrected chi connectivity index (χ1v) is 13.0. The second kappa shape index (κ2) is 9.95. The summed E-state index contributed by atoms with van der Waals surface area (Å²) in [5.74, 6) is -0.197. The molecule has 3 heterocycles. The van der Waals surface area contributed by atoms with Crippen molar-refractivity contribution in [3.8, 4) is 0 Å². The first-order chi connectivity index (χ1) is 17.9. The lowest BCUT2D eigenvalue weighted by molar-refractivity contribution is -0.172. The quantitative estimate of drug-likeness (QED) is 0.433. The number of rotatable bonds is 6. The van der Waals surface area contributed by atoms with Crippen LogP contribution in [0.5, 0.6) is 0 Å². The Morgan fingerprint density at radius 3 is 2.16 bits per heavy atom. The van der Waals surface area contributed by atoms with Crippen LogP contribution in [-0.4, -0.2) is 30.0 Å². The van der Waals surface area contributed by atoms with Crippen LogP contribution < -0.4 is 10.6 Å². The minimum Gasteiger partial charge on any atom is -0.360 e. The summed E-state index contributed by atoms with van der Waals surface area (Å²) < 4.78 is 87.4. The van der Waals surface area contributed by atoms with Crippen LogP contribution in [0.15, 0.2) is 48.5 Å². The molecule has 4 atom stereocenters. The van der Waals surface area contributed by atoms with Gasteiger partial charge < -0.3 is 15.4 Å². The molecule has 10 heteroatoms. The lowest BCUT2D eigenvalue weighted by atomic mass is 9.66. The minimum absolute atomic E-state index is 0.103. The zero-order valence-corrected chi connectivity index (χ0v) is 20.7. The average Bonchev–Trinajstić information content (AvgIpc) is 3.28. The number of piperidine rings is 2. The van der Waals surface area contributed by atoms with Crippen molar-refractivity contribution in [1.82, 2.24) is 10.6 Å². The van der Waals surface area contributed by atoms with E-state index in [-0.39, 0.29) is 23.5 Å². The van der Waals surface area contributed by atoms with Crippen molar-refractivity contribution < 1.29 is 35.9 Å². The van der Waals surface area contributed by atoms with Crippen molar-refractivity contribution >= 4 is 5.78 Å². The van der Waals surface area contributed by atoms with E-state index in [1.54, 1.807) is 0 Å². The number of fused-ring (bicyclic) bond motifs is 2. The molecule has 4 nitrogen and oxygen atoms in total. The molecule has 3 aliphatic rings. The molecule has 0 aliphatic carbocycles. The van der Waals surface area contributed by atoms with Gasteiger partial charge in [-0.2, -0.15) is 26.3 Å². The van der Waals surface area contributed by atoms with Gasteiger partial charge in [-0.1, -0.05) is 36.8 Å². The Morgan fingerprint density at radius 2 is 1.55 bits per heavy atom. The lowest BCUT2D eigenvalue weighted by Gasteiger charge is -2.52. The standard InChI is InChI=1S/C28H30F6N2O2/c29-27(30,31)20-14-18(15-21(16-20)28(32,33)34)17-38-26(24(37)23-8-4-5-13-35-23)12-10-22-9-11-25(26,36-22)19-6-2-1-3-7-19/h1-3,6-7,14-16,22-23,35-36H,4-5,8-13,17H2/t22-,23?,25+,26-/m0/s1. The number of carbonyl (C=O) groups is 1. The Morgan fingerprint density at radius 1 is 0.895 bits per heavy atom. The van der Waals surface area contributed by atoms with Crippen molar-refractivity contribution in [2.45, 2.75) is 87.1 Å². The van der Waals surface area contributed by atoms with Gasteiger partial charge in [0.25, 0.3) is 0 Å². The number of alkyl halides is 6. The lowest BCUT2D eigenvalue weighted by Crippen LogP contribution is -2.69. The fourth-order valence-corrected chi connectivity index (χ4v) is 6.46. The van der Waals surface area contributed by atoms with Crippen LogP contribution in [-0.2, 0) is 34.0 Å². The van der Waals surface area contributed by atoms with E-state index in [0.29, 0.717) is 44.4 Å². The number of hydrogen-bond donors (Lipinski definition) is 2. The number of carbonyl (C=O) groups excluding carboxylic acids is 1. The Labute approximate surface area is 217 Å². The summed E-state index contributed by atoms with van der Waals surface area (Å²) in [7, 11) is 0. The monoisotopic (exact) mass is 540 g/mol. The SMILES string of the molecule is O=C(C1CCCCN1)[C@@]1(OCc2cc(C(F)(F)F)cc(C(F)(F)F)c2)CC[C@@H]2CC[C@]1(c1ccccc1)N2. The molecule has 206 valence electrons. The molecular formula is C28H30F6N2O2. The molecule has 3 fully saturated rings. The zero-order valence-electron chi connectivity index (χ0n) is 20.7. The van der Waals surface area contributed by atoms with Gasteiger partial charge in [0, 0.05) is 6.04 Å². The van der Waals surface area contributed by atoms with E-state index in [4.69, 9.17) is 4.74 Å². The summed E-state index contributed by atoms with van der Waals surface area (Å²) in [6.07, 6.45) is -5.28. The number of Topliss-reactive ketones (excluding diaryl/α,β-unsaturated/α-hetero) is 1. The maximum absolute atomic E-state index is 14.3. The minimum atomic E-state index is -4.97. The van der Waals surface area contributed by atoms with Crippen LogP contribution in [0, 0.1) is 0 Å². The van der Waals surface area contributed by atoms with Crippen molar-refractivity contribution in [3.05, 3.63) is 70.8 Å². The van der Waals surface area contributed by atoms with Gasteiger partial charge in [0.2, 0.25) is 0 Å². The molecule has 0 saturated carbocycles. The van der Waals surface area contributed by atoms with Crippen molar-refractivity contribution in [2.75, 3.05) is 6.54 Å². The van der Waals surface area contributed by atoms with Crippen LogP contribution in [0.1, 0.15) is 67.2 Å². The smallest absolute Gasteiger partial charge is 0.360 e. The van der Waals surface area contributed by atoms with Gasteiger partial charge in [-0.25, -0.2) is 0 Å². The molecule has 2 aromatic carbocycles. The molecule has 3 aliphatic heterocycles. The van der Waals surface area contributed by atoms with Crippen molar-refractivity contribution in [2.24, 2.45) is 0 Å². The fraction of sp³-hybridized carbons (Fsp3) is 0.536. The molecule has 2 bridgehead atoms. The summed E-state index contributed by atoms with van der Waals surface area (Å²) in [6.45, 7) is 0.0931. The van der Waals surface area contributed by atoms with Gasteiger partial charge in [-0.15, -0.1) is 0 Å². The first kappa shape index (κ1) is 27.1. The molecule has 0 amide bonds. The van der Waals surface area contributed by atoms with Gasteiger partial charge in [0.1, 0.15) is 0 Å². The summed E-state index contributed by atoms with van der Waals surface area (Å²) in [4.78, 5) is 14.3. The number of nitrogens with one attached hydrogen (secondary N) is 2. The van der Waals surface area contributed by atoms with E-state index in [2.05, 4.69) is 10.6 Å². The Kier molecular flexibility index (Phi) is 7.11. The van der Waals surface area contributed by atoms with Gasteiger partial charge in [-0.05, 0) is 74.4 Å². The summed E-state index contributed by atoms with van der Waals surface area (Å²) in [5, 5.41) is 6.87. The molecule has 1 unspecified atom stereocenters. The highest BCUT2D eigenvalue weighted by atomic mass is 19.4. The van der Waals surface area contributed by atoms with Crippen LogP contribution >= 0.6 is 0 Å². The van der Waals surface area contributed by atoms with Crippen LogP contribution in [0.25, 0.3) is 0 Å². The van der Waals surface area contributed by atoms with Crippen LogP contribution in [0.3, 0.4) is 0 Å². The Balaban J connectivity index is 1.58. The van der Waals surface area contributed by atoms with Gasteiger partial charge in [0.15, 0.2) is 11.4 Å². The topological polar surface area (TPSA) is 50.4 Å². The fourth-order valence-electron chi connectivity index (χ4n) is 6.46. The molecule has 0 aromatic heterocycles. The summed E-state index contributed by atoms with van der Waals surface area (Å²) in [6, 6.07) is 10.4. The largest absolute Gasteiger partial charge is 0.416 e. The van der Waals surface area contributed by atoms with E-state index in [1.807, 2.05) is 30.3 Å². The molecule has 0 spiro atoms. The second-order valence-corrected chi connectivity index (χ2v) is 10.6. The van der Waals surface area contributed by atoms with Gasteiger partial charge in [0.05, 0.1) is 29.3 Å². The Hall–Kier alpha value is -2.43. The number of ketones is 1. The third kappa shape index (κ3) is 4.86. The Bertz CT molecular complexity index is 1130. The maximum atomic E-state index is 14.3. The number of hydrogen-bond acceptors (Lipinski definition) is 4. The number of halogens is 6. The predicted molar refractivity (Wildman–Crippen MR) is 128 cm³/mol. The van der Waals surface area contributed by atoms with Crippen LogP contribution in [0.4, 0.5) is 26.3 Å². The zero-order chi connectivity index (χ0) is 27.2. The second-order valence-electron chi connectivity index (χ2n) is 10.6. The third-order valence-electron chi connectivity index (χ3n) is 8.28. The van der Waals surface area contributed by atoms with Crippen molar-refractivity contribution in [1.29, 1.82) is 0 Å². The van der Waals surface area contributed by atoms with E-state index < -0.39 is 47.3 Å². The maximum Gasteiger partial charge on any atom is 0.416 e. The van der Waals surface area contributed by atoms with Crippen LogP contribution in [0.2, 0.25) is 0 Å². The highest BCUT2D eigenvalue weighted by Gasteiger charge is 2.64. The molecule has 2 N–H and O–H groups in total. The van der Waals surface area contributed by atoms with E-state index >= 15 is 0 Å². The third-order valence-corrected chi connectivity index (χ3v) is 8.28. The normalized spacial score (nSPS) is 29.8. The first-order valence-electron chi connectivity index (χ1n) is 13.0. The molecule has 0 radical (unpaired) electrons.